The molecule has 1 aromatic heterocycles. The zero-order valence-corrected chi connectivity index (χ0v) is 16.0. The van der Waals surface area contributed by atoms with E-state index in [0.717, 1.165) is 35.2 Å². The molecule has 1 fully saturated rings. The normalized spacial score (nSPS) is 14.9. The number of piperidine rings is 1. The number of hydrogen-bond acceptors (Lipinski definition) is 3. The molecule has 1 saturated heterocycles. The summed E-state index contributed by atoms with van der Waals surface area (Å²) in [6.07, 6.45) is 5.46. The van der Waals surface area contributed by atoms with Gasteiger partial charge in [0.05, 0.1) is 5.56 Å². The predicted octanol–water partition coefficient (Wildman–Crippen LogP) is 5.26. The molecule has 0 saturated carbocycles. The Morgan fingerprint density at radius 1 is 1.07 bits per heavy atom. The van der Waals surface area contributed by atoms with Crippen LogP contribution in [0.3, 0.4) is 0 Å². The first-order valence-corrected chi connectivity index (χ1v) is 9.76. The number of fused-ring (bicyclic) bond motifs is 1. The fourth-order valence-electron chi connectivity index (χ4n) is 3.95. The largest absolute Gasteiger partial charge is 0.372 e. The average molecular weight is 369 g/mol. The molecule has 0 amide bonds. The van der Waals surface area contributed by atoms with Gasteiger partial charge in [-0.05, 0) is 56.0 Å². The van der Waals surface area contributed by atoms with E-state index in [-0.39, 0.29) is 11.4 Å². The number of rotatable bonds is 4. The molecule has 0 spiro atoms. The molecular formula is C24H23N3O. The maximum absolute atomic E-state index is 13.1. The van der Waals surface area contributed by atoms with Gasteiger partial charge in [0, 0.05) is 35.4 Å². The number of aryl methyl sites for hydroxylation is 1. The molecule has 140 valence electrons. The summed E-state index contributed by atoms with van der Waals surface area (Å²) in [5, 5.41) is 10.5. The van der Waals surface area contributed by atoms with Crippen LogP contribution in [0.25, 0.3) is 17.0 Å². The van der Waals surface area contributed by atoms with Gasteiger partial charge in [-0.3, -0.25) is 4.79 Å². The molecule has 4 nitrogen and oxygen atoms in total. The van der Waals surface area contributed by atoms with Crippen LogP contribution >= 0.6 is 0 Å². The van der Waals surface area contributed by atoms with Crippen LogP contribution < -0.4 is 4.90 Å². The van der Waals surface area contributed by atoms with Crippen LogP contribution in [0.5, 0.6) is 0 Å². The summed E-state index contributed by atoms with van der Waals surface area (Å²) in [6, 6.07) is 17.9. The average Bonchev–Trinajstić information content (AvgIpc) is 3.08. The number of anilines is 1. The molecule has 0 aliphatic carbocycles. The van der Waals surface area contributed by atoms with Crippen molar-refractivity contribution < 1.29 is 4.79 Å². The standard InChI is InChI=1S/C24H23N3O/c1-17-23(21-7-3-4-8-22(21)26-17)24(28)19(16-25)15-18-9-11-20(12-10-18)27-13-5-2-6-14-27/h3-4,7-12,15,26H,2,5-6,13-14H2,1H3/b19-15+. The Labute approximate surface area is 165 Å². The van der Waals surface area contributed by atoms with Gasteiger partial charge in [-0.2, -0.15) is 5.26 Å². The molecule has 0 atom stereocenters. The second-order valence-electron chi connectivity index (χ2n) is 7.31. The summed E-state index contributed by atoms with van der Waals surface area (Å²) in [5.41, 5.74) is 4.49. The molecular weight excluding hydrogens is 346 g/mol. The summed E-state index contributed by atoms with van der Waals surface area (Å²) in [4.78, 5) is 18.7. The van der Waals surface area contributed by atoms with E-state index < -0.39 is 0 Å². The Morgan fingerprint density at radius 3 is 2.50 bits per heavy atom. The number of carbonyl (C=O) groups excluding carboxylic acids is 1. The van der Waals surface area contributed by atoms with Gasteiger partial charge in [-0.1, -0.05) is 30.3 Å². The highest BCUT2D eigenvalue weighted by atomic mass is 16.1. The third-order valence-corrected chi connectivity index (χ3v) is 5.41. The van der Waals surface area contributed by atoms with Crippen LogP contribution in [-0.4, -0.2) is 23.9 Å². The first-order chi connectivity index (χ1) is 13.7. The Bertz CT molecular complexity index is 1080. The maximum Gasteiger partial charge on any atom is 0.205 e. The summed E-state index contributed by atoms with van der Waals surface area (Å²) in [7, 11) is 0. The smallest absolute Gasteiger partial charge is 0.205 e. The van der Waals surface area contributed by atoms with Crippen molar-refractivity contribution in [3.05, 3.63) is 70.9 Å². The van der Waals surface area contributed by atoms with E-state index >= 15 is 0 Å². The highest BCUT2D eigenvalue weighted by Crippen LogP contribution is 2.26. The molecule has 0 radical (unpaired) electrons. The Hall–Kier alpha value is -3.32. The van der Waals surface area contributed by atoms with Crippen LogP contribution in [-0.2, 0) is 0 Å². The number of carbonyl (C=O) groups is 1. The van der Waals surface area contributed by atoms with Crippen LogP contribution in [0, 0.1) is 18.3 Å². The topological polar surface area (TPSA) is 59.9 Å². The lowest BCUT2D eigenvalue weighted by atomic mass is 9.99. The number of nitriles is 1. The molecule has 1 aliphatic heterocycles. The Morgan fingerprint density at radius 2 is 1.79 bits per heavy atom. The van der Waals surface area contributed by atoms with E-state index in [9.17, 15) is 10.1 Å². The number of benzene rings is 2. The molecule has 0 unspecified atom stereocenters. The summed E-state index contributed by atoms with van der Waals surface area (Å²) in [5.74, 6) is -0.238. The zero-order valence-electron chi connectivity index (χ0n) is 16.0. The highest BCUT2D eigenvalue weighted by molar-refractivity contribution is 6.20. The number of H-pyrrole nitrogens is 1. The van der Waals surface area contributed by atoms with Crippen molar-refractivity contribution in [2.75, 3.05) is 18.0 Å². The van der Waals surface area contributed by atoms with Gasteiger partial charge in [-0.25, -0.2) is 0 Å². The first kappa shape index (κ1) is 18.1. The number of nitrogens with zero attached hydrogens (tertiary/aromatic N) is 2. The summed E-state index contributed by atoms with van der Waals surface area (Å²) in [6.45, 7) is 4.06. The summed E-state index contributed by atoms with van der Waals surface area (Å²) < 4.78 is 0. The number of Topliss-reactive ketones (excluding diaryl/α,β-unsaturated/α-hetero) is 1. The monoisotopic (exact) mass is 369 g/mol. The molecule has 1 aliphatic rings. The zero-order chi connectivity index (χ0) is 19.5. The van der Waals surface area contributed by atoms with Crippen molar-refractivity contribution in [2.45, 2.75) is 26.2 Å². The van der Waals surface area contributed by atoms with Crippen molar-refractivity contribution in [1.29, 1.82) is 5.26 Å². The molecule has 3 aromatic rings. The van der Waals surface area contributed by atoms with Crippen LogP contribution in [0.1, 0.15) is 40.9 Å². The third-order valence-electron chi connectivity index (χ3n) is 5.41. The van der Waals surface area contributed by atoms with Gasteiger partial charge < -0.3 is 9.88 Å². The van der Waals surface area contributed by atoms with Crippen molar-refractivity contribution in [1.82, 2.24) is 4.98 Å². The number of allylic oxidation sites excluding steroid dienone is 1. The van der Waals surface area contributed by atoms with E-state index in [1.165, 1.54) is 24.9 Å². The van der Waals surface area contributed by atoms with E-state index in [1.54, 1.807) is 6.08 Å². The first-order valence-electron chi connectivity index (χ1n) is 9.76. The third kappa shape index (κ3) is 3.44. The van der Waals surface area contributed by atoms with E-state index in [1.807, 2.05) is 43.3 Å². The van der Waals surface area contributed by atoms with Crippen LogP contribution in [0.15, 0.2) is 54.1 Å². The van der Waals surface area contributed by atoms with Gasteiger partial charge in [-0.15, -0.1) is 0 Å². The number of nitrogens with one attached hydrogen (secondary N) is 1. The SMILES string of the molecule is Cc1[nH]c2ccccc2c1C(=O)/C(C#N)=C/c1ccc(N2CCCCC2)cc1. The highest BCUT2D eigenvalue weighted by Gasteiger charge is 2.19. The predicted molar refractivity (Wildman–Crippen MR) is 113 cm³/mol. The van der Waals surface area contributed by atoms with Crippen LogP contribution in [0.2, 0.25) is 0 Å². The van der Waals surface area contributed by atoms with Crippen molar-refractivity contribution in [3.63, 3.8) is 0 Å². The van der Waals surface area contributed by atoms with Gasteiger partial charge in [0.1, 0.15) is 11.6 Å². The Balaban J connectivity index is 1.63. The molecule has 2 heterocycles. The maximum atomic E-state index is 13.1. The van der Waals surface area contributed by atoms with E-state index in [2.05, 4.69) is 28.1 Å². The van der Waals surface area contributed by atoms with Gasteiger partial charge in [0.15, 0.2) is 0 Å². The minimum Gasteiger partial charge on any atom is -0.372 e. The van der Waals surface area contributed by atoms with E-state index in [0.29, 0.717) is 5.56 Å². The molecule has 2 aromatic carbocycles. The quantitative estimate of drug-likeness (QED) is 0.388. The van der Waals surface area contributed by atoms with Gasteiger partial charge in [0.2, 0.25) is 5.78 Å². The fraction of sp³-hybridized carbons (Fsp3) is 0.250. The number of aromatic amines is 1. The Kier molecular flexibility index (Phi) is 4.99. The minimum atomic E-state index is -0.238. The van der Waals surface area contributed by atoms with Gasteiger partial charge >= 0.3 is 0 Å². The number of aromatic nitrogens is 1. The van der Waals surface area contributed by atoms with Crippen LogP contribution in [0.4, 0.5) is 5.69 Å². The molecule has 28 heavy (non-hydrogen) atoms. The lowest BCUT2D eigenvalue weighted by Gasteiger charge is -2.28. The lowest BCUT2D eigenvalue weighted by molar-refractivity contribution is 0.104. The lowest BCUT2D eigenvalue weighted by Crippen LogP contribution is -2.29. The van der Waals surface area contributed by atoms with Gasteiger partial charge in [0.25, 0.3) is 0 Å². The van der Waals surface area contributed by atoms with E-state index in [4.69, 9.17) is 0 Å². The fourth-order valence-corrected chi connectivity index (χ4v) is 3.95. The second-order valence-corrected chi connectivity index (χ2v) is 7.31. The van der Waals surface area contributed by atoms with Crippen molar-refractivity contribution >= 4 is 28.4 Å². The second kappa shape index (κ2) is 7.74. The number of para-hydroxylation sites is 1. The summed E-state index contributed by atoms with van der Waals surface area (Å²) >= 11 is 0. The molecule has 0 bridgehead atoms. The van der Waals surface area contributed by atoms with Crippen molar-refractivity contribution in [2.24, 2.45) is 0 Å². The number of hydrogen-bond donors (Lipinski definition) is 1. The molecule has 1 N–H and O–H groups in total. The molecule has 4 heteroatoms. The minimum absolute atomic E-state index is 0.151. The molecule has 4 rings (SSSR count). The number of ketones is 1. The van der Waals surface area contributed by atoms with Crippen molar-refractivity contribution in [3.8, 4) is 6.07 Å².